The third kappa shape index (κ3) is 2.78. The van der Waals surface area contributed by atoms with Gasteiger partial charge in [-0.2, -0.15) is 0 Å². The number of imidazole rings is 1. The van der Waals surface area contributed by atoms with E-state index in [1.807, 2.05) is 24.6 Å². The second kappa shape index (κ2) is 6.82. The van der Waals surface area contributed by atoms with E-state index in [0.717, 1.165) is 26.9 Å². The zero-order chi connectivity index (χ0) is 20.0. The zero-order valence-electron chi connectivity index (χ0n) is 15.9. The first kappa shape index (κ1) is 18.3. The van der Waals surface area contributed by atoms with Crippen LogP contribution in [0.25, 0.3) is 22.6 Å². The largest absolute Gasteiger partial charge is 0.469 e. The molecule has 0 aliphatic rings. The maximum Gasteiger partial charge on any atom is 0.332 e. The van der Waals surface area contributed by atoms with Gasteiger partial charge in [0.1, 0.15) is 5.76 Å². The monoisotopic (exact) mass is 401 g/mol. The van der Waals surface area contributed by atoms with Crippen LogP contribution in [0.5, 0.6) is 0 Å². The van der Waals surface area contributed by atoms with Gasteiger partial charge in [0.2, 0.25) is 0 Å². The van der Waals surface area contributed by atoms with Gasteiger partial charge >= 0.3 is 5.69 Å². The molecule has 0 bridgehead atoms. The van der Waals surface area contributed by atoms with E-state index in [4.69, 9.17) is 4.42 Å². The highest BCUT2D eigenvalue weighted by Crippen LogP contribution is 2.25. The molecular formula is C17H19N7O3S. The van der Waals surface area contributed by atoms with E-state index in [1.54, 1.807) is 24.2 Å². The second-order valence-corrected chi connectivity index (χ2v) is 7.48. The number of fused-ring (bicyclic) bond motifs is 1. The van der Waals surface area contributed by atoms with Crippen molar-refractivity contribution in [1.82, 2.24) is 33.4 Å². The van der Waals surface area contributed by atoms with Gasteiger partial charge in [-0.15, -0.1) is 10.2 Å². The van der Waals surface area contributed by atoms with Crippen LogP contribution < -0.4 is 11.2 Å². The Morgan fingerprint density at radius 2 is 1.89 bits per heavy atom. The minimum absolute atomic E-state index is 0.350. The van der Waals surface area contributed by atoms with Crippen molar-refractivity contribution in [2.24, 2.45) is 21.1 Å². The smallest absolute Gasteiger partial charge is 0.332 e. The van der Waals surface area contributed by atoms with Crippen molar-refractivity contribution < 1.29 is 4.42 Å². The number of aryl methyl sites for hydroxylation is 3. The van der Waals surface area contributed by atoms with Crippen molar-refractivity contribution in [2.75, 3.05) is 5.75 Å². The highest BCUT2D eigenvalue weighted by atomic mass is 32.2. The molecule has 0 radical (unpaired) electrons. The van der Waals surface area contributed by atoms with E-state index in [9.17, 15) is 9.59 Å². The molecule has 28 heavy (non-hydrogen) atoms. The minimum atomic E-state index is -0.390. The van der Waals surface area contributed by atoms with Gasteiger partial charge < -0.3 is 13.6 Å². The number of hydrogen-bond donors (Lipinski definition) is 0. The van der Waals surface area contributed by atoms with Crippen molar-refractivity contribution in [3.8, 4) is 11.4 Å². The Kier molecular flexibility index (Phi) is 4.46. The van der Waals surface area contributed by atoms with Gasteiger partial charge in [0.25, 0.3) is 5.56 Å². The molecule has 11 heteroatoms. The molecule has 0 saturated heterocycles. The SMILES string of the molecule is Cc1occc1-c1nnc(SCCn2cnc3c2c(=O)n(C)c(=O)n3C)n1C. The molecule has 0 fully saturated rings. The van der Waals surface area contributed by atoms with Crippen LogP contribution in [0.2, 0.25) is 0 Å². The summed E-state index contributed by atoms with van der Waals surface area (Å²) >= 11 is 1.53. The summed E-state index contributed by atoms with van der Waals surface area (Å²) in [6.07, 6.45) is 3.22. The Labute approximate surface area is 163 Å². The molecule has 4 heterocycles. The van der Waals surface area contributed by atoms with Gasteiger partial charge in [-0.1, -0.05) is 11.8 Å². The van der Waals surface area contributed by atoms with E-state index in [1.165, 1.54) is 23.4 Å². The molecule has 10 nitrogen and oxygen atoms in total. The molecule has 0 saturated carbocycles. The fourth-order valence-electron chi connectivity index (χ4n) is 3.09. The summed E-state index contributed by atoms with van der Waals surface area (Å²) in [4.78, 5) is 28.7. The van der Waals surface area contributed by atoms with E-state index in [0.29, 0.717) is 23.5 Å². The molecule has 146 valence electrons. The number of furan rings is 1. The lowest BCUT2D eigenvalue weighted by atomic mass is 10.2. The molecule has 4 aromatic heterocycles. The fourth-order valence-corrected chi connectivity index (χ4v) is 3.94. The summed E-state index contributed by atoms with van der Waals surface area (Å²) in [7, 11) is 4.98. The van der Waals surface area contributed by atoms with Gasteiger partial charge in [0.05, 0.1) is 18.2 Å². The highest BCUT2D eigenvalue weighted by molar-refractivity contribution is 7.99. The Bertz CT molecular complexity index is 1290. The first-order chi connectivity index (χ1) is 13.4. The van der Waals surface area contributed by atoms with E-state index in [-0.39, 0.29) is 5.56 Å². The Hall–Kier alpha value is -3.08. The van der Waals surface area contributed by atoms with E-state index >= 15 is 0 Å². The average molecular weight is 401 g/mol. The number of nitrogens with zero attached hydrogens (tertiary/aromatic N) is 7. The molecular weight excluding hydrogens is 382 g/mol. The average Bonchev–Trinajstić information content (AvgIpc) is 3.38. The Balaban J connectivity index is 1.56. The summed E-state index contributed by atoms with van der Waals surface area (Å²) in [5, 5.41) is 9.27. The van der Waals surface area contributed by atoms with Crippen LogP contribution in [0.15, 0.2) is 37.8 Å². The van der Waals surface area contributed by atoms with Gasteiger partial charge in [-0.25, -0.2) is 9.78 Å². The van der Waals surface area contributed by atoms with Gasteiger partial charge in [0, 0.05) is 33.4 Å². The van der Waals surface area contributed by atoms with E-state index in [2.05, 4.69) is 15.2 Å². The topological polar surface area (TPSA) is 106 Å². The Morgan fingerprint density at radius 1 is 1.11 bits per heavy atom. The van der Waals surface area contributed by atoms with Crippen molar-refractivity contribution in [1.29, 1.82) is 0 Å². The summed E-state index contributed by atoms with van der Waals surface area (Å²) in [6.45, 7) is 2.43. The number of hydrogen-bond acceptors (Lipinski definition) is 7. The van der Waals surface area contributed by atoms with Crippen LogP contribution in [0.3, 0.4) is 0 Å². The standard InChI is InChI=1S/C17H19N7O3S/c1-10-11(5-7-27-10)13-19-20-16(21(13)2)28-8-6-24-9-18-14-12(24)15(25)23(4)17(26)22(14)3/h5,7,9H,6,8H2,1-4H3. The lowest BCUT2D eigenvalue weighted by molar-refractivity contribution is 0.534. The molecule has 0 aliphatic carbocycles. The maximum atomic E-state index is 12.5. The van der Waals surface area contributed by atoms with Crippen molar-refractivity contribution in [3.63, 3.8) is 0 Å². The van der Waals surface area contributed by atoms with Crippen LogP contribution >= 0.6 is 11.8 Å². The van der Waals surface area contributed by atoms with Crippen LogP contribution in [0.4, 0.5) is 0 Å². The first-order valence-electron chi connectivity index (χ1n) is 8.57. The lowest BCUT2D eigenvalue weighted by Crippen LogP contribution is -2.37. The molecule has 0 amide bonds. The molecule has 0 unspecified atom stereocenters. The van der Waals surface area contributed by atoms with Crippen LogP contribution in [-0.4, -0.2) is 39.2 Å². The second-order valence-electron chi connectivity index (χ2n) is 6.42. The summed E-state index contributed by atoms with van der Waals surface area (Å²) < 4.78 is 11.5. The third-order valence-electron chi connectivity index (χ3n) is 4.72. The quantitative estimate of drug-likeness (QED) is 0.458. The zero-order valence-corrected chi connectivity index (χ0v) is 16.7. The Morgan fingerprint density at radius 3 is 2.61 bits per heavy atom. The van der Waals surface area contributed by atoms with Crippen molar-refractivity contribution in [2.45, 2.75) is 18.6 Å². The molecule has 0 atom stereocenters. The van der Waals surface area contributed by atoms with Gasteiger partial charge in [-0.05, 0) is 13.0 Å². The van der Waals surface area contributed by atoms with Gasteiger partial charge in [0.15, 0.2) is 22.1 Å². The molecule has 0 aromatic carbocycles. The molecule has 0 aliphatic heterocycles. The fraction of sp³-hybridized carbons (Fsp3) is 0.353. The first-order valence-corrected chi connectivity index (χ1v) is 9.56. The van der Waals surface area contributed by atoms with Crippen LogP contribution in [-0.2, 0) is 27.7 Å². The predicted octanol–water partition coefficient (Wildman–Crippen LogP) is 0.923. The third-order valence-corrected chi connectivity index (χ3v) is 5.72. The summed E-state index contributed by atoms with van der Waals surface area (Å²) in [5.74, 6) is 2.19. The minimum Gasteiger partial charge on any atom is -0.469 e. The van der Waals surface area contributed by atoms with E-state index < -0.39 is 5.69 Å². The molecule has 4 aromatic rings. The number of aromatic nitrogens is 7. The normalized spacial score (nSPS) is 11.6. The molecule has 0 spiro atoms. The van der Waals surface area contributed by atoms with Crippen molar-refractivity contribution >= 4 is 22.9 Å². The lowest BCUT2D eigenvalue weighted by Gasteiger charge is -2.07. The van der Waals surface area contributed by atoms with Crippen molar-refractivity contribution in [3.05, 3.63) is 45.3 Å². The summed E-state index contributed by atoms with van der Waals surface area (Å²) in [5.41, 5.74) is 0.967. The molecule has 4 rings (SSSR count). The number of thioether (sulfide) groups is 1. The number of rotatable bonds is 5. The molecule has 0 N–H and O–H groups in total. The predicted molar refractivity (Wildman–Crippen MR) is 104 cm³/mol. The highest BCUT2D eigenvalue weighted by Gasteiger charge is 2.16. The summed E-state index contributed by atoms with van der Waals surface area (Å²) in [6, 6.07) is 1.87. The van der Waals surface area contributed by atoms with Crippen LogP contribution in [0, 0.1) is 6.92 Å². The maximum absolute atomic E-state index is 12.5. The van der Waals surface area contributed by atoms with Crippen LogP contribution in [0.1, 0.15) is 5.76 Å². The van der Waals surface area contributed by atoms with Gasteiger partial charge in [-0.3, -0.25) is 13.9 Å².